The van der Waals surface area contributed by atoms with Crippen LogP contribution in [-0.2, 0) is 42.3 Å². The first-order valence-electron chi connectivity index (χ1n) is 15.3. The number of carbonyl (C=O) groups is 1. The minimum absolute atomic E-state index is 0.00229. The molecule has 15 nitrogen and oxygen atoms in total. The van der Waals surface area contributed by atoms with E-state index in [0.717, 1.165) is 0 Å². The summed E-state index contributed by atoms with van der Waals surface area (Å²) < 4.78 is 66.1. The first-order valence-corrected chi connectivity index (χ1v) is 19.3. The normalized spacial score (nSPS) is 15.6. The number of pyridine rings is 1. The number of fused-ring (bicyclic) bond motifs is 2. The standard InChI is InChI=1S/C33H37N8O7S2/c1-45-28-8-22-25(10-30(28)47-3)37-17-38-26(22)11-32(42)40-14-21(15-40)50(35,44)19-41-18-39-33(23-9-29(46-2)31(48-4)12-27(23)41)24-7-6-20(13-36-24)16-49(5,34)43/h6-10,12-13,17-18,21,34-35H,11,14-16,19H2,1-5H3/q+1. The summed E-state index contributed by atoms with van der Waals surface area (Å²) >= 11 is 0. The predicted molar refractivity (Wildman–Crippen MR) is 186 cm³/mol. The highest BCUT2D eigenvalue weighted by atomic mass is 32.2. The second-order valence-electron chi connectivity index (χ2n) is 12.0. The maximum Gasteiger partial charge on any atom is 0.288 e. The highest BCUT2D eigenvalue weighted by Crippen LogP contribution is 2.35. The number of aromatic nitrogens is 5. The van der Waals surface area contributed by atoms with Crippen molar-refractivity contribution in [3.05, 3.63) is 66.5 Å². The van der Waals surface area contributed by atoms with Gasteiger partial charge in [-0.25, -0.2) is 27.7 Å². The van der Waals surface area contributed by atoms with Crippen molar-refractivity contribution in [2.45, 2.75) is 23.3 Å². The number of benzene rings is 2. The average molecular weight is 722 g/mol. The van der Waals surface area contributed by atoms with E-state index in [1.165, 1.54) is 47.3 Å². The molecule has 1 aliphatic heterocycles. The fourth-order valence-electron chi connectivity index (χ4n) is 5.86. The minimum Gasteiger partial charge on any atom is -0.493 e. The molecule has 0 bridgehead atoms. The molecule has 2 N–H and O–H groups in total. The molecule has 0 radical (unpaired) electrons. The quantitative estimate of drug-likeness (QED) is 0.180. The van der Waals surface area contributed by atoms with E-state index < -0.39 is 24.7 Å². The van der Waals surface area contributed by atoms with Gasteiger partial charge < -0.3 is 23.8 Å². The van der Waals surface area contributed by atoms with Gasteiger partial charge in [0.2, 0.25) is 11.6 Å². The average Bonchev–Trinajstić information content (AvgIpc) is 3.06. The summed E-state index contributed by atoms with van der Waals surface area (Å²) in [5, 5.41) is 0.731. The molecule has 1 amide bonds. The first kappa shape index (κ1) is 34.7. The maximum atomic E-state index is 13.9. The number of hydrogen-bond donors (Lipinski definition) is 2. The van der Waals surface area contributed by atoms with Gasteiger partial charge in [0.1, 0.15) is 17.5 Å². The number of rotatable bonds is 12. The lowest BCUT2D eigenvalue weighted by atomic mass is 10.1. The lowest BCUT2D eigenvalue weighted by Gasteiger charge is -2.39. The molecule has 1 aliphatic rings. The lowest BCUT2D eigenvalue weighted by Crippen LogP contribution is -2.59. The highest BCUT2D eigenvalue weighted by Gasteiger charge is 2.39. The molecular formula is C33H37N8O7S2+. The number of nitrogens with zero attached hydrogens (tertiary/aromatic N) is 6. The summed E-state index contributed by atoms with van der Waals surface area (Å²) in [6.07, 6.45) is 5.87. The van der Waals surface area contributed by atoms with Gasteiger partial charge >= 0.3 is 0 Å². The lowest BCUT2D eigenvalue weighted by molar-refractivity contribution is -0.653. The van der Waals surface area contributed by atoms with E-state index in [1.807, 2.05) is 0 Å². The van der Waals surface area contributed by atoms with Crippen LogP contribution in [0.25, 0.3) is 33.2 Å². The van der Waals surface area contributed by atoms with E-state index in [4.69, 9.17) is 28.5 Å². The molecule has 0 aliphatic carbocycles. The molecule has 4 heterocycles. The van der Waals surface area contributed by atoms with Gasteiger partial charge in [0.15, 0.2) is 28.9 Å². The molecule has 50 heavy (non-hydrogen) atoms. The fourth-order valence-corrected chi connectivity index (χ4v) is 8.33. The van der Waals surface area contributed by atoms with Crippen LogP contribution in [0.3, 0.4) is 0 Å². The summed E-state index contributed by atoms with van der Waals surface area (Å²) in [6.45, 7) is 0.336. The molecule has 6 rings (SSSR count). The van der Waals surface area contributed by atoms with Crippen molar-refractivity contribution in [1.29, 1.82) is 9.56 Å². The Kier molecular flexibility index (Phi) is 9.46. The number of methoxy groups -OCH3 is 4. The monoisotopic (exact) mass is 721 g/mol. The number of nitrogens with one attached hydrogen (secondary N) is 2. The Morgan fingerprint density at radius 2 is 1.52 bits per heavy atom. The van der Waals surface area contributed by atoms with Gasteiger partial charge in [-0.2, -0.15) is 0 Å². The number of hydrogen-bond acceptors (Lipinski definition) is 13. The van der Waals surface area contributed by atoms with E-state index in [1.54, 1.807) is 52.1 Å². The van der Waals surface area contributed by atoms with Gasteiger partial charge in [-0.1, -0.05) is 6.07 Å². The molecule has 2 unspecified atom stereocenters. The van der Waals surface area contributed by atoms with Crippen LogP contribution in [-0.4, -0.2) is 92.2 Å². The van der Waals surface area contributed by atoms with Gasteiger partial charge in [0.05, 0.1) is 72.2 Å². The summed E-state index contributed by atoms with van der Waals surface area (Å²) in [6, 6.07) is 10.5. The van der Waals surface area contributed by atoms with Crippen molar-refractivity contribution in [3.63, 3.8) is 0 Å². The third kappa shape index (κ3) is 6.96. The van der Waals surface area contributed by atoms with Gasteiger partial charge in [-0.15, -0.1) is 0 Å². The second kappa shape index (κ2) is 13.6. The fraction of sp³-hybridized carbons (Fsp3) is 0.333. The largest absolute Gasteiger partial charge is 0.493 e. The van der Waals surface area contributed by atoms with E-state index in [9.17, 15) is 13.2 Å². The zero-order chi connectivity index (χ0) is 35.8. The van der Waals surface area contributed by atoms with Crippen molar-refractivity contribution in [3.8, 4) is 34.4 Å². The van der Waals surface area contributed by atoms with Crippen molar-refractivity contribution in [2.24, 2.45) is 0 Å². The van der Waals surface area contributed by atoms with Gasteiger partial charge in [0, 0.05) is 52.8 Å². The Morgan fingerprint density at radius 3 is 2.14 bits per heavy atom. The van der Waals surface area contributed by atoms with Crippen LogP contribution in [0.5, 0.6) is 23.0 Å². The molecule has 0 saturated carbocycles. The number of carbonyl (C=O) groups excluding carboxylic acids is 1. The summed E-state index contributed by atoms with van der Waals surface area (Å²) in [4.78, 5) is 32.7. The molecule has 3 aromatic heterocycles. The molecule has 2 aromatic carbocycles. The molecule has 0 spiro atoms. The third-order valence-electron chi connectivity index (χ3n) is 8.51. The van der Waals surface area contributed by atoms with Crippen LogP contribution < -0.4 is 23.5 Å². The zero-order valence-corrected chi connectivity index (χ0v) is 29.8. The van der Waals surface area contributed by atoms with E-state index in [-0.39, 0.29) is 37.0 Å². The SMILES string of the molecule is COc1cc2ncnc(CC(=O)N3CC(S(=N)(=O)C[n+]4cnc(-c5ccc(CS(C)(=N)=O)cn5)c5cc(OC)c(OC)cc54)C3)c2cc1OC. The highest BCUT2D eigenvalue weighted by molar-refractivity contribution is 7.92. The Morgan fingerprint density at radius 1 is 0.880 bits per heavy atom. The molecule has 17 heteroatoms. The number of amides is 1. The summed E-state index contributed by atoms with van der Waals surface area (Å²) in [5.74, 6) is 1.61. The second-order valence-corrected chi connectivity index (χ2v) is 16.7. The van der Waals surface area contributed by atoms with Crippen molar-refractivity contribution in [1.82, 2.24) is 24.8 Å². The predicted octanol–water partition coefficient (Wildman–Crippen LogP) is 3.20. The van der Waals surface area contributed by atoms with Crippen molar-refractivity contribution < 1.29 is 36.7 Å². The molecule has 262 valence electrons. The Labute approximate surface area is 289 Å². The van der Waals surface area contributed by atoms with Crippen LogP contribution in [0.1, 0.15) is 11.3 Å². The number of likely N-dealkylation sites (tertiary alicyclic amines) is 1. The summed E-state index contributed by atoms with van der Waals surface area (Å²) in [7, 11) is 0.103. The summed E-state index contributed by atoms with van der Waals surface area (Å²) in [5.41, 5.74) is 3.43. The Balaban J connectivity index is 1.23. The topological polar surface area (TPSA) is 195 Å². The molecule has 2 atom stereocenters. The van der Waals surface area contributed by atoms with Gasteiger partial charge in [-0.3, -0.25) is 14.6 Å². The Hall–Kier alpha value is -5.16. The molecule has 5 aromatic rings. The molecule has 1 fully saturated rings. The van der Waals surface area contributed by atoms with Crippen LogP contribution in [0.15, 0.2) is 55.2 Å². The van der Waals surface area contributed by atoms with Gasteiger partial charge in [-0.05, 0) is 28.7 Å². The van der Waals surface area contributed by atoms with Crippen LogP contribution in [0.4, 0.5) is 0 Å². The third-order valence-corrected chi connectivity index (χ3v) is 11.4. The van der Waals surface area contributed by atoms with E-state index >= 15 is 0 Å². The van der Waals surface area contributed by atoms with Crippen LogP contribution >= 0.6 is 0 Å². The van der Waals surface area contributed by atoms with Crippen molar-refractivity contribution in [2.75, 3.05) is 47.8 Å². The van der Waals surface area contributed by atoms with Crippen molar-refractivity contribution >= 4 is 47.2 Å². The van der Waals surface area contributed by atoms with Crippen LogP contribution in [0, 0.1) is 9.56 Å². The Bertz CT molecular complexity index is 2330. The van der Waals surface area contributed by atoms with Crippen LogP contribution in [0.2, 0.25) is 0 Å². The first-order chi connectivity index (χ1) is 23.8. The minimum atomic E-state index is -3.25. The van der Waals surface area contributed by atoms with E-state index in [0.29, 0.717) is 67.4 Å². The molecular weight excluding hydrogens is 685 g/mol. The number of ether oxygens (including phenoxy) is 4. The zero-order valence-electron chi connectivity index (χ0n) is 28.2. The maximum absolute atomic E-state index is 13.9. The molecule has 1 saturated heterocycles. The van der Waals surface area contributed by atoms with E-state index in [2.05, 4.69) is 19.9 Å². The smallest absolute Gasteiger partial charge is 0.288 e. The van der Waals surface area contributed by atoms with Gasteiger partial charge in [0.25, 0.3) is 6.33 Å².